The second-order valence-corrected chi connectivity index (χ2v) is 4.09. The first-order valence-electron chi connectivity index (χ1n) is 5.74. The van der Waals surface area contributed by atoms with Crippen LogP contribution in [-0.4, -0.2) is 25.7 Å². The molecule has 1 aromatic carbocycles. The number of aromatic nitrogens is 4. The summed E-state index contributed by atoms with van der Waals surface area (Å²) in [5, 5.41) is 8.64. The van der Waals surface area contributed by atoms with Crippen molar-refractivity contribution >= 4 is 17.2 Å². The average molecular weight is 253 g/mol. The van der Waals surface area contributed by atoms with Crippen molar-refractivity contribution in [1.29, 1.82) is 0 Å². The van der Waals surface area contributed by atoms with Gasteiger partial charge in [-0.2, -0.15) is 14.9 Å². The first-order chi connectivity index (χ1) is 9.24. The van der Waals surface area contributed by atoms with Crippen LogP contribution in [0.3, 0.4) is 0 Å². The minimum Gasteiger partial charge on any atom is -0.273 e. The summed E-state index contributed by atoms with van der Waals surface area (Å²) in [6.45, 7) is 0. The van der Waals surface area contributed by atoms with Crippen LogP contribution in [0.5, 0.6) is 0 Å². The van der Waals surface area contributed by atoms with Gasteiger partial charge >= 0.3 is 0 Å². The van der Waals surface area contributed by atoms with Gasteiger partial charge in [0.2, 0.25) is 0 Å². The highest BCUT2D eigenvalue weighted by Gasteiger charge is 2.06. The largest absolute Gasteiger partial charge is 0.285 e. The van der Waals surface area contributed by atoms with Gasteiger partial charge in [0.15, 0.2) is 5.65 Å². The first-order valence-corrected chi connectivity index (χ1v) is 5.74. The van der Waals surface area contributed by atoms with Crippen molar-refractivity contribution in [2.24, 2.45) is 12.1 Å². The number of nitrogens with zero attached hydrogens (tertiary/aromatic N) is 5. The lowest BCUT2D eigenvalue weighted by Gasteiger charge is -1.96. The quantitative estimate of drug-likeness (QED) is 0.640. The zero-order valence-corrected chi connectivity index (χ0v) is 10.3. The molecule has 2 heterocycles. The predicted molar refractivity (Wildman–Crippen MR) is 72.2 cm³/mol. The Hall–Kier alpha value is -2.76. The van der Waals surface area contributed by atoms with E-state index in [1.165, 1.54) is 11.0 Å². The van der Waals surface area contributed by atoms with Crippen molar-refractivity contribution in [2.45, 2.75) is 0 Å². The smallest absolute Gasteiger partial charge is 0.273 e. The summed E-state index contributed by atoms with van der Waals surface area (Å²) < 4.78 is 2.77. The van der Waals surface area contributed by atoms with Crippen molar-refractivity contribution in [1.82, 2.24) is 19.4 Å². The Morgan fingerprint density at radius 2 is 2.05 bits per heavy atom. The Morgan fingerprint density at radius 3 is 2.84 bits per heavy atom. The van der Waals surface area contributed by atoms with Gasteiger partial charge in [-0.3, -0.25) is 9.48 Å². The number of fused-ring (bicyclic) bond motifs is 1. The number of hydrogen-bond donors (Lipinski definition) is 0. The van der Waals surface area contributed by atoms with Crippen LogP contribution in [0.2, 0.25) is 0 Å². The van der Waals surface area contributed by atoms with Crippen molar-refractivity contribution in [3.63, 3.8) is 0 Å². The van der Waals surface area contributed by atoms with Crippen LogP contribution in [0, 0.1) is 0 Å². The lowest BCUT2D eigenvalue weighted by molar-refractivity contribution is 0.774. The van der Waals surface area contributed by atoms with Crippen LogP contribution in [-0.2, 0) is 7.05 Å². The van der Waals surface area contributed by atoms with E-state index in [1.54, 1.807) is 24.1 Å². The van der Waals surface area contributed by atoms with Gasteiger partial charge < -0.3 is 0 Å². The molecule has 0 amide bonds. The fraction of sp³-hybridized carbons (Fsp3) is 0.0769. The van der Waals surface area contributed by atoms with E-state index in [-0.39, 0.29) is 5.56 Å². The number of rotatable bonds is 2. The van der Waals surface area contributed by atoms with Gasteiger partial charge in [0, 0.05) is 13.2 Å². The van der Waals surface area contributed by atoms with Crippen LogP contribution in [0.15, 0.2) is 52.8 Å². The maximum Gasteiger partial charge on any atom is 0.285 e. The fourth-order valence-corrected chi connectivity index (χ4v) is 1.76. The highest BCUT2D eigenvalue weighted by molar-refractivity contribution is 5.79. The molecule has 0 radical (unpaired) electrons. The maximum absolute atomic E-state index is 12.1. The molecule has 0 atom stereocenters. The molecule has 94 valence electrons. The predicted octanol–water partition coefficient (Wildman–Crippen LogP) is 1.01. The Labute approximate surface area is 108 Å². The summed E-state index contributed by atoms with van der Waals surface area (Å²) in [6, 6.07) is 9.56. The Bertz CT molecular complexity index is 801. The fourth-order valence-electron chi connectivity index (χ4n) is 1.76. The molecule has 0 bridgehead atoms. The van der Waals surface area contributed by atoms with Gasteiger partial charge in [0.25, 0.3) is 5.56 Å². The van der Waals surface area contributed by atoms with Gasteiger partial charge in [0.05, 0.1) is 6.21 Å². The molecular formula is C13H11N5O. The zero-order valence-electron chi connectivity index (χ0n) is 10.3. The highest BCUT2D eigenvalue weighted by Crippen LogP contribution is 2.01. The van der Waals surface area contributed by atoms with Crippen LogP contribution >= 0.6 is 0 Å². The summed E-state index contributed by atoms with van der Waals surface area (Å²) in [5.74, 6) is 0. The molecule has 2 aromatic heterocycles. The average Bonchev–Trinajstić information content (AvgIpc) is 2.81. The van der Waals surface area contributed by atoms with E-state index in [9.17, 15) is 4.79 Å². The molecule has 0 saturated carbocycles. The minimum absolute atomic E-state index is 0.231. The van der Waals surface area contributed by atoms with E-state index < -0.39 is 0 Å². The van der Waals surface area contributed by atoms with Crippen LogP contribution in [0.1, 0.15) is 5.56 Å². The van der Waals surface area contributed by atoms with E-state index >= 15 is 0 Å². The molecular weight excluding hydrogens is 242 g/mol. The summed E-state index contributed by atoms with van der Waals surface area (Å²) >= 11 is 0. The summed E-state index contributed by atoms with van der Waals surface area (Å²) in [4.78, 5) is 16.2. The Morgan fingerprint density at radius 1 is 1.26 bits per heavy atom. The SMILES string of the molecule is Cn1cc2c(=O)n(/N=C\c3ccccc3)cnc2n1. The lowest BCUT2D eigenvalue weighted by Crippen LogP contribution is -2.16. The van der Waals surface area contributed by atoms with Gasteiger partial charge in [-0.15, -0.1) is 0 Å². The molecule has 0 fully saturated rings. The second kappa shape index (κ2) is 4.49. The summed E-state index contributed by atoms with van der Waals surface area (Å²) in [5.41, 5.74) is 1.12. The third-order valence-electron chi connectivity index (χ3n) is 2.67. The van der Waals surface area contributed by atoms with E-state index in [0.717, 1.165) is 5.56 Å². The molecule has 0 aliphatic heterocycles. The van der Waals surface area contributed by atoms with E-state index in [2.05, 4.69) is 15.2 Å². The number of hydrogen-bond acceptors (Lipinski definition) is 4. The van der Waals surface area contributed by atoms with Crippen LogP contribution < -0.4 is 5.56 Å². The van der Waals surface area contributed by atoms with Gasteiger partial charge in [-0.1, -0.05) is 30.3 Å². The standard InChI is InChI=1S/C13H11N5O/c1-17-8-11-12(16-17)14-9-18(13(11)19)15-7-10-5-3-2-4-6-10/h2-9H,1H3/b15-7-. The first kappa shape index (κ1) is 11.3. The third kappa shape index (κ3) is 2.15. The van der Waals surface area contributed by atoms with Crippen molar-refractivity contribution in [3.05, 3.63) is 58.8 Å². The molecule has 19 heavy (non-hydrogen) atoms. The highest BCUT2D eigenvalue weighted by atomic mass is 16.1. The van der Waals surface area contributed by atoms with Crippen LogP contribution in [0.25, 0.3) is 11.0 Å². The summed E-state index contributed by atoms with van der Waals surface area (Å²) in [7, 11) is 1.75. The van der Waals surface area contributed by atoms with Gasteiger partial charge in [0.1, 0.15) is 11.7 Å². The number of aryl methyl sites for hydroxylation is 1. The Kier molecular flexibility index (Phi) is 2.68. The topological polar surface area (TPSA) is 65.1 Å². The van der Waals surface area contributed by atoms with Crippen LogP contribution in [0.4, 0.5) is 0 Å². The van der Waals surface area contributed by atoms with Gasteiger partial charge in [-0.05, 0) is 5.56 Å². The molecule has 0 aliphatic carbocycles. The zero-order chi connectivity index (χ0) is 13.2. The molecule has 3 aromatic rings. The minimum atomic E-state index is -0.231. The van der Waals surface area contributed by atoms with Crippen molar-refractivity contribution < 1.29 is 0 Å². The third-order valence-corrected chi connectivity index (χ3v) is 2.67. The van der Waals surface area contributed by atoms with E-state index in [0.29, 0.717) is 11.0 Å². The molecule has 0 N–H and O–H groups in total. The normalized spacial score (nSPS) is 11.4. The molecule has 0 saturated heterocycles. The molecule has 6 nitrogen and oxygen atoms in total. The maximum atomic E-state index is 12.1. The summed E-state index contributed by atoms with van der Waals surface area (Å²) in [6.07, 6.45) is 4.63. The van der Waals surface area contributed by atoms with E-state index in [1.807, 2.05) is 30.3 Å². The molecule has 0 aliphatic rings. The van der Waals surface area contributed by atoms with Crippen molar-refractivity contribution in [2.75, 3.05) is 0 Å². The molecule has 0 unspecified atom stereocenters. The molecule has 0 spiro atoms. The molecule has 3 rings (SSSR count). The Balaban J connectivity index is 2.04. The molecule has 6 heteroatoms. The van der Waals surface area contributed by atoms with Gasteiger partial charge in [-0.25, -0.2) is 4.98 Å². The number of benzene rings is 1. The van der Waals surface area contributed by atoms with Crippen molar-refractivity contribution in [3.8, 4) is 0 Å². The van der Waals surface area contributed by atoms with E-state index in [4.69, 9.17) is 0 Å². The monoisotopic (exact) mass is 253 g/mol. The second-order valence-electron chi connectivity index (χ2n) is 4.09. The lowest BCUT2D eigenvalue weighted by atomic mass is 10.2.